The normalized spacial score (nSPS) is 13.7. The molecule has 3 heteroatoms. The van der Waals surface area contributed by atoms with Gasteiger partial charge in [-0.25, -0.2) is 0 Å². The second-order valence-corrected chi connectivity index (χ2v) is 5.77. The van der Waals surface area contributed by atoms with Crippen LogP contribution in [0.3, 0.4) is 0 Å². The second kappa shape index (κ2) is 7.16. The van der Waals surface area contributed by atoms with Gasteiger partial charge in [-0.2, -0.15) is 11.8 Å². The maximum absolute atomic E-state index is 2.24. The van der Waals surface area contributed by atoms with E-state index >= 15 is 0 Å². The molecule has 0 amide bonds. The second-order valence-electron chi connectivity index (χ2n) is 1.58. The van der Waals surface area contributed by atoms with Crippen molar-refractivity contribution in [1.82, 2.24) is 0 Å². The van der Waals surface area contributed by atoms with Gasteiger partial charge in [0, 0.05) is 5.75 Å². The van der Waals surface area contributed by atoms with Crippen LogP contribution in [0.2, 0.25) is 0 Å². The molecule has 0 heterocycles. The highest BCUT2D eigenvalue weighted by Crippen LogP contribution is 2.33. The molecule has 0 bridgehead atoms. The first kappa shape index (κ1) is 10.0. The van der Waals surface area contributed by atoms with Gasteiger partial charge in [0.15, 0.2) is 0 Å². The van der Waals surface area contributed by atoms with Crippen LogP contribution in [0.1, 0.15) is 20.3 Å². The summed E-state index contributed by atoms with van der Waals surface area (Å²) >= 11 is 1.95. The highest BCUT2D eigenvalue weighted by atomic mass is 33.1. The summed E-state index contributed by atoms with van der Waals surface area (Å²) in [5, 5.41) is 0. The summed E-state index contributed by atoms with van der Waals surface area (Å²) < 4.78 is 0.801. The zero-order valence-electron chi connectivity index (χ0n) is 6.22. The Morgan fingerprint density at radius 2 is 2.00 bits per heavy atom. The third-order valence-electron chi connectivity index (χ3n) is 0.889. The lowest BCUT2D eigenvalue weighted by Crippen LogP contribution is -1.88. The lowest BCUT2D eigenvalue weighted by Gasteiger charge is -2.08. The molecule has 0 aromatic heterocycles. The smallest absolute Gasteiger partial charge is 0.0600 e. The molecule has 0 aliphatic rings. The molecule has 0 aromatic rings. The fourth-order valence-electron chi connectivity index (χ4n) is 0.418. The predicted molar refractivity (Wildman–Crippen MR) is 53.3 cm³/mol. The van der Waals surface area contributed by atoms with Crippen molar-refractivity contribution in [2.75, 3.05) is 12.0 Å². The molecule has 0 spiro atoms. The van der Waals surface area contributed by atoms with Crippen LogP contribution in [0.15, 0.2) is 0 Å². The minimum atomic E-state index is 0.801. The van der Waals surface area contributed by atoms with Crippen molar-refractivity contribution in [2.45, 2.75) is 24.9 Å². The summed E-state index contributed by atoms with van der Waals surface area (Å²) in [7, 11) is 3.96. The molecule has 0 fully saturated rings. The van der Waals surface area contributed by atoms with E-state index in [-0.39, 0.29) is 0 Å². The maximum atomic E-state index is 2.24. The Balaban J connectivity index is 3.09. The van der Waals surface area contributed by atoms with Crippen molar-refractivity contribution in [1.29, 1.82) is 0 Å². The van der Waals surface area contributed by atoms with E-state index in [1.54, 1.807) is 0 Å². The Morgan fingerprint density at radius 3 is 2.33 bits per heavy atom. The van der Waals surface area contributed by atoms with Gasteiger partial charge >= 0.3 is 0 Å². The van der Waals surface area contributed by atoms with E-state index in [0.717, 1.165) is 4.58 Å². The Morgan fingerprint density at radius 1 is 1.33 bits per heavy atom. The van der Waals surface area contributed by atoms with Gasteiger partial charge in [-0.15, -0.1) is 0 Å². The first-order chi connectivity index (χ1) is 4.35. The van der Waals surface area contributed by atoms with E-state index in [2.05, 4.69) is 20.1 Å². The van der Waals surface area contributed by atoms with Crippen LogP contribution in [0.5, 0.6) is 0 Å². The average Bonchev–Trinajstić information content (AvgIpc) is 1.91. The van der Waals surface area contributed by atoms with Crippen LogP contribution in [-0.2, 0) is 0 Å². The van der Waals surface area contributed by atoms with Crippen LogP contribution in [0.25, 0.3) is 0 Å². The highest BCUT2D eigenvalue weighted by molar-refractivity contribution is 8.78. The zero-order valence-corrected chi connectivity index (χ0v) is 8.67. The molecule has 0 N–H and O–H groups in total. The molecule has 0 saturated carbocycles. The molecule has 0 aliphatic heterocycles. The van der Waals surface area contributed by atoms with E-state index in [1.807, 2.05) is 33.3 Å². The molecule has 1 atom stereocenters. The number of hydrogen-bond acceptors (Lipinski definition) is 3. The van der Waals surface area contributed by atoms with Crippen LogP contribution >= 0.6 is 33.3 Å². The Bertz CT molecular complexity index is 52.3. The predicted octanol–water partition coefficient (Wildman–Crippen LogP) is 3.49. The van der Waals surface area contributed by atoms with Crippen molar-refractivity contribution in [2.24, 2.45) is 0 Å². The lowest BCUT2D eigenvalue weighted by atomic mass is 10.6. The first-order valence-electron chi connectivity index (χ1n) is 3.16. The zero-order chi connectivity index (χ0) is 7.11. The number of rotatable bonds is 5. The van der Waals surface area contributed by atoms with E-state index < -0.39 is 0 Å². The molecule has 0 aliphatic carbocycles. The minimum absolute atomic E-state index is 0.801. The molecule has 1 unspecified atom stereocenters. The van der Waals surface area contributed by atoms with Crippen LogP contribution in [0.4, 0.5) is 0 Å². The summed E-state index contributed by atoms with van der Waals surface area (Å²) in [5.41, 5.74) is 0. The van der Waals surface area contributed by atoms with Crippen molar-refractivity contribution in [3.05, 3.63) is 0 Å². The Hall–Kier alpha value is 1.05. The third kappa shape index (κ3) is 5.49. The fourth-order valence-corrected chi connectivity index (χ4v) is 3.97. The molecular formula is C6H14S3. The van der Waals surface area contributed by atoms with E-state index in [1.165, 1.54) is 12.2 Å². The van der Waals surface area contributed by atoms with Crippen molar-refractivity contribution in [3.63, 3.8) is 0 Å². The molecule has 0 aromatic carbocycles. The fraction of sp³-hybridized carbons (Fsp3) is 1.00. The topological polar surface area (TPSA) is 0 Å². The molecule has 9 heavy (non-hydrogen) atoms. The van der Waals surface area contributed by atoms with Crippen molar-refractivity contribution >= 4 is 33.3 Å². The van der Waals surface area contributed by atoms with Gasteiger partial charge in [-0.05, 0) is 12.7 Å². The van der Waals surface area contributed by atoms with Gasteiger partial charge in [0.1, 0.15) is 0 Å². The van der Waals surface area contributed by atoms with Gasteiger partial charge in [-0.1, -0.05) is 35.4 Å². The molecule has 0 radical (unpaired) electrons. The summed E-state index contributed by atoms with van der Waals surface area (Å²) in [6.45, 7) is 4.44. The van der Waals surface area contributed by atoms with E-state index in [0.29, 0.717) is 0 Å². The van der Waals surface area contributed by atoms with Crippen LogP contribution in [-0.4, -0.2) is 16.6 Å². The van der Waals surface area contributed by atoms with Gasteiger partial charge in [-0.3, -0.25) is 0 Å². The molecule has 0 nitrogen and oxygen atoms in total. The Labute approximate surface area is 70.3 Å². The van der Waals surface area contributed by atoms with E-state index in [9.17, 15) is 0 Å². The van der Waals surface area contributed by atoms with Gasteiger partial charge in [0.2, 0.25) is 0 Å². The summed E-state index contributed by atoms with van der Waals surface area (Å²) in [6, 6.07) is 0. The summed E-state index contributed by atoms with van der Waals surface area (Å²) in [4.78, 5) is 0. The molecule has 0 rings (SSSR count). The third-order valence-corrected chi connectivity index (χ3v) is 5.71. The summed E-state index contributed by atoms with van der Waals surface area (Å²) in [6.07, 6.45) is 3.45. The molecular weight excluding hydrogens is 168 g/mol. The quantitative estimate of drug-likeness (QED) is 0.472. The largest absolute Gasteiger partial charge is 0.150 e. The standard InChI is InChI=1S/C6H14S3/c1-4-6(7-3)9-8-5-2/h6H,4-5H2,1-3H3. The van der Waals surface area contributed by atoms with Gasteiger partial charge in [0.25, 0.3) is 0 Å². The SMILES string of the molecule is CCSSC(CC)SC. The highest BCUT2D eigenvalue weighted by Gasteiger charge is 2.02. The molecule has 0 saturated heterocycles. The summed E-state index contributed by atoms with van der Waals surface area (Å²) in [5.74, 6) is 1.22. The van der Waals surface area contributed by atoms with Crippen LogP contribution < -0.4 is 0 Å². The maximum Gasteiger partial charge on any atom is 0.0600 e. The average molecular weight is 182 g/mol. The van der Waals surface area contributed by atoms with Crippen molar-refractivity contribution in [3.8, 4) is 0 Å². The monoisotopic (exact) mass is 182 g/mol. The minimum Gasteiger partial charge on any atom is -0.150 e. The van der Waals surface area contributed by atoms with Gasteiger partial charge in [0.05, 0.1) is 4.58 Å². The molecule has 56 valence electrons. The number of hydrogen-bond donors (Lipinski definition) is 0. The van der Waals surface area contributed by atoms with Crippen LogP contribution in [0, 0.1) is 0 Å². The van der Waals surface area contributed by atoms with Gasteiger partial charge < -0.3 is 0 Å². The Kier molecular flexibility index (Phi) is 8.00. The lowest BCUT2D eigenvalue weighted by molar-refractivity contribution is 1.06. The number of thioether (sulfide) groups is 1. The van der Waals surface area contributed by atoms with E-state index in [4.69, 9.17) is 0 Å². The first-order valence-corrected chi connectivity index (χ1v) is 6.83. The van der Waals surface area contributed by atoms with Crippen molar-refractivity contribution < 1.29 is 0 Å².